The van der Waals surface area contributed by atoms with Gasteiger partial charge >= 0.3 is 11.9 Å². The molecule has 0 bridgehead atoms. The van der Waals surface area contributed by atoms with E-state index in [0.29, 0.717) is 41.6 Å². The van der Waals surface area contributed by atoms with Crippen LogP contribution in [-0.4, -0.2) is 24.6 Å². The molecule has 4 heteroatoms. The largest absolute Gasteiger partial charge is 0.465 e. The Morgan fingerprint density at radius 3 is 2.19 bits per heavy atom. The van der Waals surface area contributed by atoms with Crippen LogP contribution in [0, 0.1) is 56.7 Å². The first-order chi connectivity index (χ1) is 17.2. The van der Waals surface area contributed by atoms with E-state index in [-0.39, 0.29) is 39.7 Å². The molecule has 5 aliphatic rings. The maximum Gasteiger partial charge on any atom is 0.302 e. The van der Waals surface area contributed by atoms with Crippen LogP contribution in [0.2, 0.25) is 0 Å². The van der Waals surface area contributed by atoms with E-state index >= 15 is 0 Å². The van der Waals surface area contributed by atoms with Gasteiger partial charge in [-0.25, -0.2) is 0 Å². The molecular weight excluding hydrogens is 460 g/mol. The van der Waals surface area contributed by atoms with Crippen molar-refractivity contribution < 1.29 is 19.1 Å². The van der Waals surface area contributed by atoms with E-state index in [1.807, 2.05) is 0 Å². The summed E-state index contributed by atoms with van der Waals surface area (Å²) in [6, 6.07) is 0. The van der Waals surface area contributed by atoms with E-state index < -0.39 is 0 Å². The van der Waals surface area contributed by atoms with Gasteiger partial charge in [0, 0.05) is 24.7 Å². The summed E-state index contributed by atoms with van der Waals surface area (Å²) in [5.74, 6) is 2.76. The summed E-state index contributed by atoms with van der Waals surface area (Å²) in [5, 5.41) is 0. The molecule has 0 aliphatic heterocycles. The van der Waals surface area contributed by atoms with Crippen molar-refractivity contribution in [3.8, 4) is 0 Å². The molecule has 5 fully saturated rings. The first-order valence-corrected chi connectivity index (χ1v) is 15.2. The van der Waals surface area contributed by atoms with Crippen molar-refractivity contribution in [1.82, 2.24) is 0 Å². The molecule has 0 unspecified atom stereocenters. The van der Waals surface area contributed by atoms with Crippen LogP contribution < -0.4 is 0 Å². The summed E-state index contributed by atoms with van der Waals surface area (Å²) in [7, 11) is 0. The topological polar surface area (TPSA) is 52.6 Å². The second-order valence-electron chi connectivity index (χ2n) is 15.2. The summed E-state index contributed by atoms with van der Waals surface area (Å²) in [6.07, 6.45) is 14.2. The molecule has 0 N–H and O–H groups in total. The lowest BCUT2D eigenvalue weighted by molar-refractivity contribution is -0.251. The molecule has 0 amide bonds. The zero-order valence-corrected chi connectivity index (χ0v) is 24.7. The van der Waals surface area contributed by atoms with E-state index in [1.165, 1.54) is 51.4 Å². The van der Waals surface area contributed by atoms with Crippen molar-refractivity contribution in [3.05, 3.63) is 12.7 Å². The Balaban J connectivity index is 1.48. The molecule has 0 aromatic carbocycles. The smallest absolute Gasteiger partial charge is 0.302 e. The molecule has 4 nitrogen and oxygen atoms in total. The van der Waals surface area contributed by atoms with Crippen LogP contribution in [0.5, 0.6) is 0 Å². The lowest BCUT2D eigenvalue weighted by Crippen LogP contribution is -2.67. The number of hydrogen-bond acceptors (Lipinski definition) is 4. The molecule has 0 radical (unpaired) electrons. The number of rotatable bonds is 4. The molecular formula is C33H52O4. The van der Waals surface area contributed by atoms with Gasteiger partial charge in [0.1, 0.15) is 6.10 Å². The molecule has 0 aromatic rings. The maximum atomic E-state index is 11.9. The minimum absolute atomic E-state index is 0.00287. The van der Waals surface area contributed by atoms with E-state index in [0.717, 1.165) is 12.8 Å². The fourth-order valence-electron chi connectivity index (χ4n) is 11.9. The number of allylic oxidation sites excluding steroid dienone is 1. The van der Waals surface area contributed by atoms with Gasteiger partial charge in [-0.05, 0) is 110 Å². The third kappa shape index (κ3) is 3.73. The average Bonchev–Trinajstić information content (AvgIpc) is 3.19. The summed E-state index contributed by atoms with van der Waals surface area (Å²) in [5.41, 5.74) is 0.997. The normalized spacial score (nSPS) is 50.0. The second kappa shape index (κ2) is 8.85. The molecule has 5 aliphatic carbocycles. The van der Waals surface area contributed by atoms with Crippen molar-refractivity contribution in [2.75, 3.05) is 6.61 Å². The first-order valence-electron chi connectivity index (χ1n) is 15.2. The van der Waals surface area contributed by atoms with Crippen molar-refractivity contribution in [2.24, 2.45) is 56.7 Å². The van der Waals surface area contributed by atoms with Crippen LogP contribution in [-0.2, 0) is 19.1 Å². The van der Waals surface area contributed by atoms with Crippen molar-refractivity contribution >= 4 is 11.9 Å². The Bertz CT molecular complexity index is 954. The van der Waals surface area contributed by atoms with Gasteiger partial charge < -0.3 is 9.47 Å². The van der Waals surface area contributed by atoms with Crippen molar-refractivity contribution in [3.63, 3.8) is 0 Å². The minimum Gasteiger partial charge on any atom is -0.465 e. The summed E-state index contributed by atoms with van der Waals surface area (Å²) in [6.45, 7) is 20.7. The molecule has 5 saturated carbocycles. The number of fused-ring (bicyclic) bond motifs is 7. The SMILES string of the molecule is C=C[C@H]1CC[C@@]2(COC(C)=O)CC[C@]3(C)[C@H](CC[C@H]4[C@@]5(C)CC[C@H](OC(C)=O)C(C)(C)[C@H]5CC[C@@]43C)[C@@H]12. The maximum absolute atomic E-state index is 11.9. The van der Waals surface area contributed by atoms with Crippen molar-refractivity contribution in [2.45, 2.75) is 119 Å². The highest BCUT2D eigenvalue weighted by Gasteiger charge is 2.71. The molecule has 208 valence electrons. The van der Waals surface area contributed by atoms with Crippen LogP contribution >= 0.6 is 0 Å². The van der Waals surface area contributed by atoms with Crippen LogP contribution in [0.1, 0.15) is 113 Å². The van der Waals surface area contributed by atoms with Gasteiger partial charge in [0.05, 0.1) is 6.61 Å². The van der Waals surface area contributed by atoms with Gasteiger partial charge in [-0.3, -0.25) is 9.59 Å². The van der Waals surface area contributed by atoms with E-state index in [4.69, 9.17) is 9.47 Å². The van der Waals surface area contributed by atoms with E-state index in [1.54, 1.807) is 13.8 Å². The first kappa shape index (κ1) is 27.3. The van der Waals surface area contributed by atoms with Crippen LogP contribution in [0.15, 0.2) is 12.7 Å². The Labute approximate surface area is 225 Å². The standard InChI is InChI=1S/C33H52O4/c1-9-23-12-17-33(20-36-21(2)34)19-18-31(7)24(28(23)33)10-11-26-30(6)15-14-27(37-22(3)35)29(4,5)25(30)13-16-32(26,31)8/h9,23-28H,1,10-20H2,2-8H3/t23-,24+,25+,26-,27-,28+,30-,31+,32-,33-/m0/s1. The molecule has 37 heavy (non-hydrogen) atoms. The monoisotopic (exact) mass is 512 g/mol. The van der Waals surface area contributed by atoms with Crippen LogP contribution in [0.3, 0.4) is 0 Å². The molecule has 5 rings (SSSR count). The zero-order chi connectivity index (χ0) is 27.0. The fraction of sp³-hybridized carbons (Fsp3) is 0.879. The Morgan fingerprint density at radius 1 is 0.811 bits per heavy atom. The molecule has 0 saturated heterocycles. The Hall–Kier alpha value is -1.32. The second-order valence-corrected chi connectivity index (χ2v) is 15.2. The number of carbonyl (C=O) groups is 2. The predicted octanol–water partition coefficient (Wildman–Crippen LogP) is 7.75. The molecule has 0 spiro atoms. The highest BCUT2D eigenvalue weighted by molar-refractivity contribution is 5.66. The molecule has 0 heterocycles. The number of carbonyl (C=O) groups excluding carboxylic acids is 2. The van der Waals surface area contributed by atoms with Gasteiger partial charge in [-0.1, -0.05) is 40.7 Å². The Morgan fingerprint density at radius 2 is 1.54 bits per heavy atom. The third-order valence-corrected chi connectivity index (χ3v) is 13.8. The quantitative estimate of drug-likeness (QED) is 0.285. The summed E-state index contributed by atoms with van der Waals surface area (Å²) < 4.78 is 11.7. The van der Waals surface area contributed by atoms with Crippen LogP contribution in [0.4, 0.5) is 0 Å². The number of esters is 2. The predicted molar refractivity (Wildman–Crippen MR) is 147 cm³/mol. The summed E-state index contributed by atoms with van der Waals surface area (Å²) >= 11 is 0. The third-order valence-electron chi connectivity index (χ3n) is 13.8. The lowest BCUT2D eigenvalue weighted by Gasteiger charge is -2.73. The number of hydrogen-bond donors (Lipinski definition) is 0. The Kier molecular flexibility index (Phi) is 6.52. The van der Waals surface area contributed by atoms with Crippen molar-refractivity contribution in [1.29, 1.82) is 0 Å². The number of ether oxygens (including phenoxy) is 2. The van der Waals surface area contributed by atoms with Gasteiger partial charge in [-0.2, -0.15) is 0 Å². The molecule has 10 atom stereocenters. The minimum atomic E-state index is -0.141. The van der Waals surface area contributed by atoms with E-state index in [2.05, 4.69) is 47.3 Å². The van der Waals surface area contributed by atoms with Gasteiger partial charge in [0.15, 0.2) is 0 Å². The molecule has 0 aromatic heterocycles. The van der Waals surface area contributed by atoms with Crippen LogP contribution in [0.25, 0.3) is 0 Å². The van der Waals surface area contributed by atoms with Gasteiger partial charge in [0.2, 0.25) is 0 Å². The van der Waals surface area contributed by atoms with Gasteiger partial charge in [-0.15, -0.1) is 6.58 Å². The highest BCUT2D eigenvalue weighted by Crippen LogP contribution is 2.77. The summed E-state index contributed by atoms with van der Waals surface area (Å²) in [4.78, 5) is 23.8. The fourth-order valence-corrected chi connectivity index (χ4v) is 11.9. The van der Waals surface area contributed by atoms with E-state index in [9.17, 15) is 9.59 Å². The highest BCUT2D eigenvalue weighted by atomic mass is 16.5. The van der Waals surface area contributed by atoms with Gasteiger partial charge in [0.25, 0.3) is 0 Å². The zero-order valence-electron chi connectivity index (χ0n) is 24.7. The average molecular weight is 513 g/mol. The lowest BCUT2D eigenvalue weighted by atomic mass is 9.32.